The predicted octanol–water partition coefficient (Wildman–Crippen LogP) is 3.80. The van der Waals surface area contributed by atoms with Crippen LogP contribution in [0.4, 0.5) is 4.79 Å². The van der Waals surface area contributed by atoms with E-state index >= 15 is 0 Å². The molecule has 106 valence electrons. The third-order valence-electron chi connectivity index (χ3n) is 2.73. The van der Waals surface area contributed by atoms with Crippen molar-refractivity contribution in [3.63, 3.8) is 0 Å². The Labute approximate surface area is 122 Å². The fourth-order valence-corrected chi connectivity index (χ4v) is 2.37. The number of rotatable bonds is 5. The van der Waals surface area contributed by atoms with Crippen LogP contribution in [0.25, 0.3) is 0 Å². The van der Waals surface area contributed by atoms with Crippen LogP contribution in [0, 0.1) is 5.92 Å². The lowest BCUT2D eigenvalue weighted by atomic mass is 9.95. The van der Waals surface area contributed by atoms with Crippen molar-refractivity contribution in [3.05, 3.63) is 33.8 Å². The lowest BCUT2D eigenvalue weighted by Crippen LogP contribution is -2.33. The van der Waals surface area contributed by atoms with Crippen LogP contribution < -0.4 is 5.73 Å². The smallest absolute Gasteiger partial charge is 0.404 e. The summed E-state index contributed by atoms with van der Waals surface area (Å²) in [5.74, 6) is 0.0178. The SMILES string of the molecule is CO[C@@H](c1ccc(Cl)cc1Cl)[C@@H](OC(N)=O)C(C)C. The van der Waals surface area contributed by atoms with E-state index in [1.54, 1.807) is 18.2 Å². The maximum atomic E-state index is 11.0. The minimum atomic E-state index is -0.842. The predicted molar refractivity (Wildman–Crippen MR) is 75.5 cm³/mol. The van der Waals surface area contributed by atoms with Crippen LogP contribution in [0.2, 0.25) is 10.0 Å². The molecule has 1 aromatic carbocycles. The van der Waals surface area contributed by atoms with Crippen LogP contribution in [-0.4, -0.2) is 19.3 Å². The third kappa shape index (κ3) is 4.27. The van der Waals surface area contributed by atoms with Crippen molar-refractivity contribution in [1.82, 2.24) is 0 Å². The molecule has 2 N–H and O–H groups in total. The standard InChI is InChI=1S/C13H17Cl2NO3/c1-7(2)11(19-13(16)17)12(18-3)9-5-4-8(14)6-10(9)15/h4-7,11-12H,1-3H3,(H2,16,17)/t11-,12-/m0/s1. The molecule has 0 aliphatic heterocycles. The van der Waals surface area contributed by atoms with Crippen LogP contribution in [-0.2, 0) is 9.47 Å². The molecule has 0 radical (unpaired) electrons. The van der Waals surface area contributed by atoms with E-state index in [0.29, 0.717) is 15.6 Å². The van der Waals surface area contributed by atoms with Crippen LogP contribution in [0.15, 0.2) is 18.2 Å². The van der Waals surface area contributed by atoms with Crippen molar-refractivity contribution in [2.24, 2.45) is 11.7 Å². The number of carbonyl (C=O) groups excluding carboxylic acids is 1. The second-order valence-electron chi connectivity index (χ2n) is 4.47. The minimum Gasteiger partial charge on any atom is -0.443 e. The van der Waals surface area contributed by atoms with Crippen LogP contribution >= 0.6 is 23.2 Å². The van der Waals surface area contributed by atoms with Gasteiger partial charge in [0.25, 0.3) is 0 Å². The van der Waals surface area contributed by atoms with Gasteiger partial charge in [-0.25, -0.2) is 4.79 Å². The van der Waals surface area contributed by atoms with Crippen molar-refractivity contribution in [1.29, 1.82) is 0 Å². The van der Waals surface area contributed by atoms with Crippen LogP contribution in [0.3, 0.4) is 0 Å². The number of primary amides is 1. The fraction of sp³-hybridized carbons (Fsp3) is 0.462. The zero-order valence-electron chi connectivity index (χ0n) is 11.0. The molecule has 0 unspecified atom stereocenters. The van der Waals surface area contributed by atoms with E-state index in [4.69, 9.17) is 38.4 Å². The molecule has 0 aliphatic carbocycles. The van der Waals surface area contributed by atoms with E-state index in [9.17, 15) is 4.79 Å². The van der Waals surface area contributed by atoms with E-state index in [1.807, 2.05) is 13.8 Å². The van der Waals surface area contributed by atoms with Crippen LogP contribution in [0.1, 0.15) is 25.5 Å². The molecular weight excluding hydrogens is 289 g/mol. The Kier molecular flexibility index (Phi) is 5.91. The quantitative estimate of drug-likeness (QED) is 0.900. The summed E-state index contributed by atoms with van der Waals surface area (Å²) in [6.45, 7) is 3.81. The van der Waals surface area contributed by atoms with E-state index in [0.717, 1.165) is 0 Å². The highest BCUT2D eigenvalue weighted by Crippen LogP contribution is 2.33. The van der Waals surface area contributed by atoms with E-state index < -0.39 is 18.3 Å². The topological polar surface area (TPSA) is 61.6 Å². The zero-order chi connectivity index (χ0) is 14.6. The highest BCUT2D eigenvalue weighted by molar-refractivity contribution is 6.35. The van der Waals surface area contributed by atoms with Gasteiger partial charge in [0.1, 0.15) is 12.2 Å². The summed E-state index contributed by atoms with van der Waals surface area (Å²) in [6, 6.07) is 5.07. The van der Waals surface area contributed by atoms with Gasteiger partial charge in [-0.1, -0.05) is 43.1 Å². The average molecular weight is 306 g/mol. The van der Waals surface area contributed by atoms with E-state index in [2.05, 4.69) is 0 Å². The fourth-order valence-electron chi connectivity index (χ4n) is 1.85. The summed E-state index contributed by atoms with van der Waals surface area (Å²) in [5, 5.41) is 0.985. The number of nitrogens with two attached hydrogens (primary N) is 1. The van der Waals surface area contributed by atoms with Crippen molar-refractivity contribution >= 4 is 29.3 Å². The van der Waals surface area contributed by atoms with Gasteiger partial charge in [-0.05, 0) is 18.1 Å². The number of ether oxygens (including phenoxy) is 2. The second kappa shape index (κ2) is 6.98. The van der Waals surface area contributed by atoms with E-state index in [1.165, 1.54) is 7.11 Å². The highest BCUT2D eigenvalue weighted by atomic mass is 35.5. The molecule has 0 saturated heterocycles. The molecule has 0 fully saturated rings. The first-order chi connectivity index (χ1) is 8.86. The van der Waals surface area contributed by atoms with Gasteiger partial charge in [0, 0.05) is 22.7 Å². The molecule has 6 heteroatoms. The van der Waals surface area contributed by atoms with Crippen LogP contribution in [0.5, 0.6) is 0 Å². The number of halogens is 2. The highest BCUT2D eigenvalue weighted by Gasteiger charge is 2.30. The monoisotopic (exact) mass is 305 g/mol. The van der Waals surface area contributed by atoms with Crippen molar-refractivity contribution in [2.75, 3.05) is 7.11 Å². The van der Waals surface area contributed by atoms with Crippen molar-refractivity contribution < 1.29 is 14.3 Å². The average Bonchev–Trinajstić information content (AvgIpc) is 2.30. The molecule has 1 rings (SSSR count). The van der Waals surface area contributed by atoms with Gasteiger partial charge in [-0.15, -0.1) is 0 Å². The lowest BCUT2D eigenvalue weighted by Gasteiger charge is -2.29. The molecule has 1 amide bonds. The number of hydrogen-bond donors (Lipinski definition) is 1. The molecule has 0 aliphatic rings. The Bertz CT molecular complexity index is 452. The van der Waals surface area contributed by atoms with Gasteiger partial charge in [-0.2, -0.15) is 0 Å². The summed E-state index contributed by atoms with van der Waals surface area (Å²) in [4.78, 5) is 11.0. The van der Waals surface area contributed by atoms with Crippen molar-refractivity contribution in [3.8, 4) is 0 Å². The van der Waals surface area contributed by atoms with Gasteiger partial charge in [0.05, 0.1) is 0 Å². The first-order valence-corrected chi connectivity index (χ1v) is 6.56. The molecule has 1 aromatic rings. The lowest BCUT2D eigenvalue weighted by molar-refractivity contribution is -0.0423. The maximum absolute atomic E-state index is 11.0. The second-order valence-corrected chi connectivity index (χ2v) is 5.31. The molecule has 0 saturated carbocycles. The molecule has 4 nitrogen and oxygen atoms in total. The first kappa shape index (κ1) is 16.1. The summed E-state index contributed by atoms with van der Waals surface area (Å²) in [7, 11) is 1.52. The summed E-state index contributed by atoms with van der Waals surface area (Å²) >= 11 is 12.0. The summed E-state index contributed by atoms with van der Waals surface area (Å²) in [5.41, 5.74) is 5.80. The van der Waals surface area contributed by atoms with E-state index in [-0.39, 0.29) is 5.92 Å². The van der Waals surface area contributed by atoms with Gasteiger partial charge >= 0.3 is 6.09 Å². The third-order valence-corrected chi connectivity index (χ3v) is 3.29. The molecule has 19 heavy (non-hydrogen) atoms. The van der Waals surface area contributed by atoms with Crippen molar-refractivity contribution in [2.45, 2.75) is 26.1 Å². The minimum absolute atomic E-state index is 0.0178. The number of amides is 1. The Morgan fingerprint density at radius 1 is 1.32 bits per heavy atom. The number of hydrogen-bond acceptors (Lipinski definition) is 3. The Balaban J connectivity index is 3.11. The Morgan fingerprint density at radius 2 is 1.95 bits per heavy atom. The Morgan fingerprint density at radius 3 is 2.37 bits per heavy atom. The molecule has 0 aromatic heterocycles. The molecule has 2 atom stereocenters. The normalized spacial score (nSPS) is 14.2. The number of benzene rings is 1. The maximum Gasteiger partial charge on any atom is 0.404 e. The van der Waals surface area contributed by atoms with Gasteiger partial charge in [0.15, 0.2) is 0 Å². The zero-order valence-corrected chi connectivity index (χ0v) is 12.5. The number of carbonyl (C=O) groups is 1. The van der Waals surface area contributed by atoms with Gasteiger partial charge in [-0.3, -0.25) is 0 Å². The molecular formula is C13H17Cl2NO3. The largest absolute Gasteiger partial charge is 0.443 e. The summed E-state index contributed by atoms with van der Waals surface area (Å²) in [6.07, 6.45) is -1.87. The van der Waals surface area contributed by atoms with Gasteiger partial charge in [0.2, 0.25) is 0 Å². The molecule has 0 heterocycles. The molecule has 0 spiro atoms. The van der Waals surface area contributed by atoms with Gasteiger partial charge < -0.3 is 15.2 Å². The molecule has 0 bridgehead atoms. The number of methoxy groups -OCH3 is 1. The Hall–Kier alpha value is -0.970. The summed E-state index contributed by atoms with van der Waals surface area (Å²) < 4.78 is 10.5. The first-order valence-electron chi connectivity index (χ1n) is 5.80.